The minimum absolute atomic E-state index is 0.00958. The minimum atomic E-state index is -2.51. The number of hydrogen-bond acceptors (Lipinski definition) is 2. The van der Waals surface area contributed by atoms with E-state index in [1.165, 1.54) is 0 Å². The third kappa shape index (κ3) is 2.38. The van der Waals surface area contributed by atoms with E-state index in [2.05, 4.69) is 0 Å². The van der Waals surface area contributed by atoms with E-state index in [9.17, 15) is 8.78 Å². The average Bonchev–Trinajstić information content (AvgIpc) is 1.82. The molecule has 0 aromatic carbocycles. The highest BCUT2D eigenvalue weighted by Gasteiger charge is 2.39. The summed E-state index contributed by atoms with van der Waals surface area (Å²) in [7, 11) is 5.43. The van der Waals surface area contributed by atoms with E-state index in [0.717, 1.165) is 6.54 Å². The average molecular weight is 178 g/mol. The molecule has 0 aromatic rings. The summed E-state index contributed by atoms with van der Waals surface area (Å²) in [5.41, 5.74) is 0. The lowest BCUT2D eigenvalue weighted by Gasteiger charge is -2.38. The molecule has 0 saturated carbocycles. The Hall–Kier alpha value is -0.220. The van der Waals surface area contributed by atoms with Gasteiger partial charge < -0.3 is 4.90 Å². The highest BCUT2D eigenvalue weighted by atomic mass is 19.3. The first-order chi connectivity index (χ1) is 5.41. The van der Waals surface area contributed by atoms with Crippen molar-refractivity contribution in [2.24, 2.45) is 0 Å². The first-order valence-electron chi connectivity index (χ1n) is 4.13. The molecule has 0 aliphatic carbocycles. The SMILES string of the molecule is CN1CC(N(C)C)CC(F)(F)C1. The number of halogens is 2. The van der Waals surface area contributed by atoms with Gasteiger partial charge in [-0.1, -0.05) is 0 Å². The van der Waals surface area contributed by atoms with E-state index in [1.54, 1.807) is 11.9 Å². The molecule has 1 heterocycles. The lowest BCUT2D eigenvalue weighted by molar-refractivity contribution is -0.0819. The molecule has 1 atom stereocenters. The van der Waals surface area contributed by atoms with Crippen LogP contribution < -0.4 is 0 Å². The van der Waals surface area contributed by atoms with Crippen LogP contribution in [0.15, 0.2) is 0 Å². The summed E-state index contributed by atoms with van der Waals surface area (Å²) < 4.78 is 26.0. The number of hydrogen-bond donors (Lipinski definition) is 0. The van der Waals surface area contributed by atoms with Crippen molar-refractivity contribution in [3.05, 3.63) is 0 Å². The van der Waals surface area contributed by atoms with Gasteiger partial charge in [-0.3, -0.25) is 4.90 Å². The molecule has 2 nitrogen and oxygen atoms in total. The summed E-state index contributed by atoms with van der Waals surface area (Å²) in [5.74, 6) is -2.51. The zero-order valence-corrected chi connectivity index (χ0v) is 7.85. The Morgan fingerprint density at radius 2 is 2.00 bits per heavy atom. The number of alkyl halides is 2. The maximum atomic E-state index is 13.0. The minimum Gasteiger partial charge on any atom is -0.305 e. The molecule has 0 amide bonds. The molecule has 1 saturated heterocycles. The number of piperidine rings is 1. The molecule has 0 N–H and O–H groups in total. The van der Waals surface area contributed by atoms with Gasteiger partial charge in [-0.25, -0.2) is 8.78 Å². The fraction of sp³-hybridized carbons (Fsp3) is 1.00. The molecule has 0 bridgehead atoms. The van der Waals surface area contributed by atoms with E-state index in [-0.39, 0.29) is 19.0 Å². The number of nitrogens with zero attached hydrogens (tertiary/aromatic N) is 2. The van der Waals surface area contributed by atoms with Crippen molar-refractivity contribution in [2.45, 2.75) is 18.4 Å². The first kappa shape index (κ1) is 9.86. The second-order valence-corrected chi connectivity index (χ2v) is 3.87. The molecule has 12 heavy (non-hydrogen) atoms. The summed E-state index contributed by atoms with van der Waals surface area (Å²) in [4.78, 5) is 3.55. The van der Waals surface area contributed by atoms with Crippen LogP contribution in [0.4, 0.5) is 8.78 Å². The third-order valence-electron chi connectivity index (χ3n) is 2.29. The quantitative estimate of drug-likeness (QED) is 0.588. The van der Waals surface area contributed by atoms with Crippen LogP contribution in [0.2, 0.25) is 0 Å². The smallest absolute Gasteiger partial charge is 0.262 e. The van der Waals surface area contributed by atoms with Crippen molar-refractivity contribution in [2.75, 3.05) is 34.2 Å². The number of rotatable bonds is 1. The van der Waals surface area contributed by atoms with Crippen LogP contribution in [-0.4, -0.2) is 56.0 Å². The topological polar surface area (TPSA) is 6.48 Å². The molecule has 1 fully saturated rings. The molecule has 72 valence electrons. The molecule has 0 radical (unpaired) electrons. The molecule has 0 spiro atoms. The van der Waals surface area contributed by atoms with Gasteiger partial charge in [0.1, 0.15) is 0 Å². The predicted octanol–water partition coefficient (Wildman–Crippen LogP) is 0.887. The summed E-state index contributed by atoms with van der Waals surface area (Å²) >= 11 is 0. The molecule has 1 aliphatic heterocycles. The van der Waals surface area contributed by atoms with Gasteiger partial charge in [-0.05, 0) is 21.1 Å². The van der Waals surface area contributed by atoms with Gasteiger partial charge in [-0.2, -0.15) is 0 Å². The predicted molar refractivity (Wildman–Crippen MR) is 44.5 cm³/mol. The summed E-state index contributed by atoms with van der Waals surface area (Å²) in [6, 6.07) is -0.0150. The third-order valence-corrected chi connectivity index (χ3v) is 2.29. The van der Waals surface area contributed by atoms with E-state index >= 15 is 0 Å². The van der Waals surface area contributed by atoms with E-state index in [4.69, 9.17) is 0 Å². The Morgan fingerprint density at radius 3 is 2.42 bits per heavy atom. The van der Waals surface area contributed by atoms with Gasteiger partial charge in [0, 0.05) is 19.0 Å². The summed E-state index contributed by atoms with van der Waals surface area (Å²) in [5, 5.41) is 0. The van der Waals surface area contributed by atoms with Gasteiger partial charge in [0.2, 0.25) is 0 Å². The molecular weight excluding hydrogens is 162 g/mol. The highest BCUT2D eigenvalue weighted by molar-refractivity contribution is 4.86. The molecular formula is C8H16F2N2. The maximum absolute atomic E-state index is 13.0. The fourth-order valence-corrected chi connectivity index (χ4v) is 1.64. The standard InChI is InChI=1S/C8H16F2N2/c1-11(2)7-4-8(9,10)6-12(3)5-7/h7H,4-6H2,1-3H3. The monoisotopic (exact) mass is 178 g/mol. The summed E-state index contributed by atoms with van der Waals surface area (Å²) in [6.45, 7) is 0.639. The summed E-state index contributed by atoms with van der Waals surface area (Å²) in [6.07, 6.45) is -0.00958. The van der Waals surface area contributed by atoms with E-state index < -0.39 is 5.92 Å². The lowest BCUT2D eigenvalue weighted by atomic mass is 10.0. The lowest BCUT2D eigenvalue weighted by Crippen LogP contribution is -2.52. The van der Waals surface area contributed by atoms with Crippen LogP contribution in [-0.2, 0) is 0 Å². The molecule has 4 heteroatoms. The van der Waals surface area contributed by atoms with E-state index in [0.29, 0.717) is 0 Å². The largest absolute Gasteiger partial charge is 0.305 e. The zero-order chi connectivity index (χ0) is 9.35. The van der Waals surface area contributed by atoms with Gasteiger partial charge in [0.15, 0.2) is 0 Å². The maximum Gasteiger partial charge on any atom is 0.262 e. The molecule has 1 rings (SSSR count). The Balaban J connectivity index is 2.58. The van der Waals surface area contributed by atoms with Crippen molar-refractivity contribution in [1.82, 2.24) is 9.80 Å². The van der Waals surface area contributed by atoms with Crippen molar-refractivity contribution < 1.29 is 8.78 Å². The van der Waals surface area contributed by atoms with Crippen LogP contribution >= 0.6 is 0 Å². The van der Waals surface area contributed by atoms with Crippen LogP contribution in [0.1, 0.15) is 6.42 Å². The number of likely N-dealkylation sites (N-methyl/N-ethyl adjacent to an activating group) is 2. The van der Waals surface area contributed by atoms with Crippen molar-refractivity contribution in [3.63, 3.8) is 0 Å². The fourth-order valence-electron chi connectivity index (χ4n) is 1.64. The second kappa shape index (κ2) is 3.26. The normalized spacial score (nSPS) is 31.0. The number of likely N-dealkylation sites (tertiary alicyclic amines) is 1. The van der Waals surface area contributed by atoms with Gasteiger partial charge >= 0.3 is 0 Å². The Kier molecular flexibility index (Phi) is 2.68. The van der Waals surface area contributed by atoms with Crippen LogP contribution in [0.5, 0.6) is 0 Å². The van der Waals surface area contributed by atoms with Gasteiger partial charge in [-0.15, -0.1) is 0 Å². The van der Waals surface area contributed by atoms with Gasteiger partial charge in [0.05, 0.1) is 6.54 Å². The molecule has 1 aliphatic rings. The zero-order valence-electron chi connectivity index (χ0n) is 7.85. The Morgan fingerprint density at radius 1 is 1.42 bits per heavy atom. The highest BCUT2D eigenvalue weighted by Crippen LogP contribution is 2.27. The van der Waals surface area contributed by atoms with Gasteiger partial charge in [0.25, 0.3) is 5.92 Å². The molecule has 1 unspecified atom stereocenters. The Labute approximate surface area is 72.1 Å². The van der Waals surface area contributed by atoms with Crippen molar-refractivity contribution >= 4 is 0 Å². The van der Waals surface area contributed by atoms with Crippen LogP contribution in [0.3, 0.4) is 0 Å². The van der Waals surface area contributed by atoms with Crippen LogP contribution in [0.25, 0.3) is 0 Å². The second-order valence-electron chi connectivity index (χ2n) is 3.87. The van der Waals surface area contributed by atoms with Crippen molar-refractivity contribution in [1.29, 1.82) is 0 Å². The Bertz CT molecular complexity index is 159. The van der Waals surface area contributed by atoms with Crippen LogP contribution in [0, 0.1) is 0 Å². The van der Waals surface area contributed by atoms with Crippen molar-refractivity contribution in [3.8, 4) is 0 Å². The first-order valence-corrected chi connectivity index (χ1v) is 4.13. The molecule has 0 aromatic heterocycles. The van der Waals surface area contributed by atoms with E-state index in [1.807, 2.05) is 19.0 Å².